The van der Waals surface area contributed by atoms with E-state index in [0.717, 1.165) is 16.1 Å². The molecule has 11 heavy (non-hydrogen) atoms. The Morgan fingerprint density at radius 3 is 2.45 bits per heavy atom. The molecule has 0 aromatic carbocycles. The molecular weight excluding hydrogens is 156 g/mol. The van der Waals surface area contributed by atoms with Crippen LogP contribution >= 0.6 is 11.3 Å². The van der Waals surface area contributed by atoms with Gasteiger partial charge in [-0.15, -0.1) is 11.3 Å². The quantitative estimate of drug-likeness (QED) is 0.694. The van der Waals surface area contributed by atoms with Gasteiger partial charge in [-0.25, -0.2) is 0 Å². The van der Waals surface area contributed by atoms with Gasteiger partial charge in [-0.2, -0.15) is 5.26 Å². The number of rotatable bonds is 1. The summed E-state index contributed by atoms with van der Waals surface area (Å²) in [6, 6.07) is 2.18. The second-order valence-electron chi connectivity index (χ2n) is 2.35. The predicted molar refractivity (Wildman–Crippen MR) is 48.1 cm³/mol. The molecule has 0 saturated carbocycles. The van der Waals surface area contributed by atoms with Crippen molar-refractivity contribution in [2.24, 2.45) is 0 Å². The van der Waals surface area contributed by atoms with Crippen LogP contribution in [0.25, 0.3) is 0 Å². The summed E-state index contributed by atoms with van der Waals surface area (Å²) >= 11 is 1.63. The van der Waals surface area contributed by atoms with Gasteiger partial charge in [0.2, 0.25) is 0 Å². The summed E-state index contributed by atoms with van der Waals surface area (Å²) in [7, 11) is 1.84. The van der Waals surface area contributed by atoms with Crippen molar-refractivity contribution in [1.82, 2.24) is 0 Å². The van der Waals surface area contributed by atoms with Gasteiger partial charge in [-0.1, -0.05) is 0 Å². The average Bonchev–Trinajstić information content (AvgIpc) is 2.28. The van der Waals surface area contributed by atoms with Crippen molar-refractivity contribution in [3.63, 3.8) is 0 Å². The molecule has 1 rings (SSSR count). The molecule has 2 nitrogen and oxygen atoms in total. The fraction of sp³-hybridized carbons (Fsp3) is 0.375. The standard InChI is InChI=1S/C8H10N2S/c1-5-6(2)11-8(10-3)7(5)4-9/h10H,1-3H3. The number of thiophene rings is 1. The lowest BCUT2D eigenvalue weighted by Gasteiger charge is -1.92. The van der Waals surface area contributed by atoms with Gasteiger partial charge in [0, 0.05) is 11.9 Å². The Labute approximate surface area is 70.5 Å². The molecule has 0 atom stereocenters. The number of nitriles is 1. The highest BCUT2D eigenvalue weighted by molar-refractivity contribution is 7.16. The van der Waals surface area contributed by atoms with Gasteiger partial charge in [0.25, 0.3) is 0 Å². The Balaban J connectivity index is 3.29. The smallest absolute Gasteiger partial charge is 0.107 e. The zero-order valence-corrected chi connectivity index (χ0v) is 7.67. The van der Waals surface area contributed by atoms with Crippen molar-refractivity contribution in [3.8, 4) is 6.07 Å². The van der Waals surface area contributed by atoms with E-state index in [2.05, 4.69) is 11.4 Å². The van der Waals surface area contributed by atoms with E-state index >= 15 is 0 Å². The number of nitrogens with one attached hydrogen (secondary N) is 1. The molecule has 0 unspecified atom stereocenters. The molecule has 0 radical (unpaired) electrons. The molecule has 0 spiro atoms. The maximum Gasteiger partial charge on any atom is 0.107 e. The average molecular weight is 166 g/mol. The number of hydrogen-bond donors (Lipinski definition) is 1. The molecule has 0 amide bonds. The Bertz CT molecular complexity index is 307. The summed E-state index contributed by atoms with van der Waals surface area (Å²) < 4.78 is 0. The van der Waals surface area contributed by atoms with Crippen LogP contribution in [0.15, 0.2) is 0 Å². The second-order valence-corrected chi connectivity index (χ2v) is 3.57. The predicted octanol–water partition coefficient (Wildman–Crippen LogP) is 2.28. The Morgan fingerprint density at radius 1 is 1.45 bits per heavy atom. The zero-order valence-electron chi connectivity index (χ0n) is 6.86. The van der Waals surface area contributed by atoms with Gasteiger partial charge in [-0.3, -0.25) is 0 Å². The maximum atomic E-state index is 8.76. The first-order chi connectivity index (χ1) is 5.20. The summed E-state index contributed by atoms with van der Waals surface area (Å²) in [6.07, 6.45) is 0. The first-order valence-electron chi connectivity index (χ1n) is 3.38. The topological polar surface area (TPSA) is 35.8 Å². The molecule has 1 aromatic rings. The molecule has 1 N–H and O–H groups in total. The second kappa shape index (κ2) is 2.93. The van der Waals surface area contributed by atoms with E-state index in [1.54, 1.807) is 11.3 Å². The fourth-order valence-electron chi connectivity index (χ4n) is 0.938. The van der Waals surface area contributed by atoms with E-state index in [1.165, 1.54) is 4.88 Å². The van der Waals surface area contributed by atoms with E-state index in [0.29, 0.717) is 0 Å². The van der Waals surface area contributed by atoms with Crippen molar-refractivity contribution in [1.29, 1.82) is 5.26 Å². The van der Waals surface area contributed by atoms with E-state index in [9.17, 15) is 0 Å². The zero-order chi connectivity index (χ0) is 8.43. The van der Waals surface area contributed by atoms with E-state index < -0.39 is 0 Å². The van der Waals surface area contributed by atoms with Crippen molar-refractivity contribution in [2.45, 2.75) is 13.8 Å². The van der Waals surface area contributed by atoms with Crippen LogP contribution in [-0.4, -0.2) is 7.05 Å². The molecule has 1 heterocycles. The van der Waals surface area contributed by atoms with Crippen molar-refractivity contribution >= 4 is 16.3 Å². The first-order valence-corrected chi connectivity index (χ1v) is 4.20. The summed E-state index contributed by atoms with van der Waals surface area (Å²) in [6.45, 7) is 4.01. The van der Waals surface area contributed by atoms with E-state index in [1.807, 2.05) is 20.9 Å². The third-order valence-corrected chi connectivity index (χ3v) is 2.95. The summed E-state index contributed by atoms with van der Waals surface area (Å²) in [5, 5.41) is 12.7. The van der Waals surface area contributed by atoms with Gasteiger partial charge in [0.1, 0.15) is 11.1 Å². The molecule has 0 bridgehead atoms. The Hall–Kier alpha value is -1.01. The third-order valence-electron chi connectivity index (χ3n) is 1.72. The van der Waals surface area contributed by atoms with Crippen molar-refractivity contribution < 1.29 is 0 Å². The van der Waals surface area contributed by atoms with Crippen LogP contribution in [-0.2, 0) is 0 Å². The van der Waals surface area contributed by atoms with Crippen LogP contribution in [0.3, 0.4) is 0 Å². The minimum atomic E-state index is 0.787. The lowest BCUT2D eigenvalue weighted by Crippen LogP contribution is -1.86. The van der Waals surface area contributed by atoms with E-state index in [-0.39, 0.29) is 0 Å². The van der Waals surface area contributed by atoms with Crippen LogP contribution < -0.4 is 5.32 Å². The summed E-state index contributed by atoms with van der Waals surface area (Å²) in [5.74, 6) is 0. The van der Waals surface area contributed by atoms with Gasteiger partial charge in [-0.05, 0) is 19.4 Å². The first kappa shape index (κ1) is 8.09. The Kier molecular flexibility index (Phi) is 2.16. The third kappa shape index (κ3) is 1.22. The van der Waals surface area contributed by atoms with Crippen LogP contribution in [0, 0.1) is 25.2 Å². The van der Waals surface area contributed by atoms with Crippen LogP contribution in [0.4, 0.5) is 5.00 Å². The highest BCUT2D eigenvalue weighted by Crippen LogP contribution is 2.30. The molecular formula is C8H10N2S. The molecule has 0 saturated heterocycles. The molecule has 0 aliphatic rings. The monoisotopic (exact) mass is 166 g/mol. The molecule has 0 fully saturated rings. The fourth-order valence-corrected chi connectivity index (χ4v) is 1.90. The number of hydrogen-bond acceptors (Lipinski definition) is 3. The van der Waals surface area contributed by atoms with Crippen LogP contribution in [0.1, 0.15) is 16.0 Å². The van der Waals surface area contributed by atoms with Gasteiger partial charge >= 0.3 is 0 Å². The van der Waals surface area contributed by atoms with Gasteiger partial charge in [0.15, 0.2) is 0 Å². The van der Waals surface area contributed by atoms with Crippen molar-refractivity contribution in [3.05, 3.63) is 16.0 Å². The number of aryl methyl sites for hydroxylation is 1. The normalized spacial score (nSPS) is 9.27. The van der Waals surface area contributed by atoms with Crippen LogP contribution in [0.5, 0.6) is 0 Å². The van der Waals surface area contributed by atoms with Gasteiger partial charge < -0.3 is 5.32 Å². The minimum absolute atomic E-state index is 0.787. The van der Waals surface area contributed by atoms with Crippen LogP contribution in [0.2, 0.25) is 0 Å². The minimum Gasteiger partial charge on any atom is -0.379 e. The highest BCUT2D eigenvalue weighted by Gasteiger charge is 2.09. The SMILES string of the molecule is CNc1sc(C)c(C)c1C#N. The largest absolute Gasteiger partial charge is 0.379 e. The molecule has 0 aliphatic carbocycles. The van der Waals surface area contributed by atoms with Gasteiger partial charge in [0.05, 0.1) is 5.56 Å². The number of anilines is 1. The molecule has 58 valence electrons. The maximum absolute atomic E-state index is 8.76. The van der Waals surface area contributed by atoms with E-state index in [4.69, 9.17) is 5.26 Å². The lowest BCUT2D eigenvalue weighted by molar-refractivity contribution is 1.38. The van der Waals surface area contributed by atoms with Crippen molar-refractivity contribution in [2.75, 3.05) is 12.4 Å². The lowest BCUT2D eigenvalue weighted by atomic mass is 10.2. The summed E-state index contributed by atoms with van der Waals surface area (Å²) in [5.41, 5.74) is 1.89. The number of nitrogens with zero attached hydrogens (tertiary/aromatic N) is 1. The summed E-state index contributed by atoms with van der Waals surface area (Å²) in [4.78, 5) is 1.21. The molecule has 0 aliphatic heterocycles. The molecule has 3 heteroatoms. The molecule has 1 aromatic heterocycles. The Morgan fingerprint density at radius 2 is 2.09 bits per heavy atom. The highest BCUT2D eigenvalue weighted by atomic mass is 32.1.